The number of carbonyl (C=O) groups excluding carboxylic acids is 2. The van der Waals surface area contributed by atoms with Crippen molar-refractivity contribution in [3.8, 4) is 11.5 Å². The number of hydrogen-bond donors (Lipinski definition) is 0. The Kier molecular flexibility index (Phi) is 6.34. The molecule has 1 aromatic heterocycles. The van der Waals surface area contributed by atoms with Gasteiger partial charge in [0.2, 0.25) is 0 Å². The van der Waals surface area contributed by atoms with Crippen LogP contribution in [0.4, 0.5) is 0 Å². The summed E-state index contributed by atoms with van der Waals surface area (Å²) in [7, 11) is 3.15. The van der Waals surface area contributed by atoms with Gasteiger partial charge in [-0.25, -0.2) is 0 Å². The van der Waals surface area contributed by atoms with Gasteiger partial charge in [-0.1, -0.05) is 6.07 Å². The molecule has 2 heterocycles. The molecule has 0 unspecified atom stereocenters. The molecule has 0 aliphatic carbocycles. The van der Waals surface area contributed by atoms with Crippen molar-refractivity contribution in [3.05, 3.63) is 45.6 Å². The molecule has 0 radical (unpaired) electrons. The van der Waals surface area contributed by atoms with Gasteiger partial charge in [0.25, 0.3) is 5.91 Å². The zero-order valence-electron chi connectivity index (χ0n) is 15.5. The maximum atomic E-state index is 12.3. The topological polar surface area (TPSA) is 65.1 Å². The number of ether oxygens (including phenoxy) is 3. The van der Waals surface area contributed by atoms with Crippen molar-refractivity contribution >= 4 is 23.2 Å². The Bertz CT molecular complexity index is 816. The SMILES string of the molecule is COc1ccc(CCC(=O)OCC(=O)N2CCc3sccc3C2)cc1OC. The van der Waals surface area contributed by atoms with Gasteiger partial charge < -0.3 is 19.1 Å². The van der Waals surface area contributed by atoms with Crippen LogP contribution in [0.5, 0.6) is 11.5 Å². The summed E-state index contributed by atoms with van der Waals surface area (Å²) >= 11 is 1.73. The maximum Gasteiger partial charge on any atom is 0.306 e. The normalized spacial score (nSPS) is 13.0. The van der Waals surface area contributed by atoms with Crippen molar-refractivity contribution in [1.29, 1.82) is 0 Å². The van der Waals surface area contributed by atoms with E-state index in [-0.39, 0.29) is 24.9 Å². The fraction of sp³-hybridized carbons (Fsp3) is 0.400. The molecule has 0 N–H and O–H groups in total. The zero-order chi connectivity index (χ0) is 19.2. The number of esters is 1. The van der Waals surface area contributed by atoms with Crippen LogP contribution in [-0.2, 0) is 33.7 Å². The van der Waals surface area contributed by atoms with Crippen molar-refractivity contribution in [3.63, 3.8) is 0 Å². The summed E-state index contributed by atoms with van der Waals surface area (Å²) in [5, 5.41) is 2.05. The molecule has 7 heteroatoms. The Balaban J connectivity index is 1.44. The first-order valence-electron chi connectivity index (χ1n) is 8.80. The molecule has 0 saturated heterocycles. The smallest absolute Gasteiger partial charge is 0.306 e. The number of thiophene rings is 1. The second kappa shape index (κ2) is 8.90. The van der Waals surface area contributed by atoms with E-state index in [1.807, 2.05) is 17.5 Å². The Morgan fingerprint density at radius 3 is 2.74 bits per heavy atom. The highest BCUT2D eigenvalue weighted by Gasteiger charge is 2.22. The average molecular weight is 389 g/mol. The highest BCUT2D eigenvalue weighted by atomic mass is 32.1. The van der Waals surface area contributed by atoms with Crippen LogP contribution in [-0.4, -0.2) is 44.1 Å². The fourth-order valence-electron chi connectivity index (χ4n) is 3.05. The molecule has 0 atom stereocenters. The summed E-state index contributed by atoms with van der Waals surface area (Å²) in [6.07, 6.45) is 1.58. The minimum atomic E-state index is -0.383. The molecule has 0 fully saturated rings. The predicted molar refractivity (Wildman–Crippen MR) is 102 cm³/mol. The minimum Gasteiger partial charge on any atom is -0.493 e. The fourth-order valence-corrected chi connectivity index (χ4v) is 3.94. The van der Waals surface area contributed by atoms with Crippen LogP contribution in [0.3, 0.4) is 0 Å². The number of nitrogens with zero attached hydrogens (tertiary/aromatic N) is 1. The molecular weight excluding hydrogens is 366 g/mol. The van der Waals surface area contributed by atoms with Crippen LogP contribution in [0.25, 0.3) is 0 Å². The van der Waals surface area contributed by atoms with Gasteiger partial charge in [0.05, 0.1) is 14.2 Å². The third-order valence-electron chi connectivity index (χ3n) is 4.58. The molecule has 1 aliphatic heterocycles. The van der Waals surface area contributed by atoms with Gasteiger partial charge in [-0.05, 0) is 47.5 Å². The van der Waals surface area contributed by atoms with Crippen LogP contribution in [0.2, 0.25) is 0 Å². The summed E-state index contributed by atoms with van der Waals surface area (Å²) in [6.45, 7) is 1.07. The molecule has 6 nitrogen and oxygen atoms in total. The van der Waals surface area contributed by atoms with Crippen LogP contribution in [0.15, 0.2) is 29.6 Å². The summed E-state index contributed by atoms with van der Waals surface area (Å²) in [6, 6.07) is 7.57. The number of methoxy groups -OCH3 is 2. The molecule has 0 spiro atoms. The lowest BCUT2D eigenvalue weighted by Crippen LogP contribution is -2.38. The van der Waals surface area contributed by atoms with Gasteiger partial charge in [-0.2, -0.15) is 0 Å². The van der Waals surface area contributed by atoms with Crippen molar-refractivity contribution in [2.24, 2.45) is 0 Å². The lowest BCUT2D eigenvalue weighted by Gasteiger charge is -2.26. The van der Waals surface area contributed by atoms with Crippen molar-refractivity contribution in [2.75, 3.05) is 27.4 Å². The van der Waals surface area contributed by atoms with Crippen molar-refractivity contribution in [2.45, 2.75) is 25.8 Å². The quantitative estimate of drug-likeness (QED) is 0.682. The molecule has 1 amide bonds. The average Bonchev–Trinajstić information content (AvgIpc) is 3.17. The van der Waals surface area contributed by atoms with Gasteiger partial charge in [0.15, 0.2) is 18.1 Å². The molecule has 27 heavy (non-hydrogen) atoms. The third kappa shape index (κ3) is 4.80. The second-order valence-electron chi connectivity index (χ2n) is 6.28. The summed E-state index contributed by atoms with van der Waals surface area (Å²) < 4.78 is 15.6. The largest absolute Gasteiger partial charge is 0.493 e. The molecule has 0 saturated carbocycles. The van der Waals surface area contributed by atoms with Gasteiger partial charge in [0.1, 0.15) is 0 Å². The molecule has 0 bridgehead atoms. The lowest BCUT2D eigenvalue weighted by molar-refractivity contribution is -0.152. The first-order chi connectivity index (χ1) is 13.1. The standard InChI is InChI=1S/C20H23NO5S/c1-24-16-5-3-14(11-17(16)25-2)4-6-20(23)26-13-19(22)21-9-7-18-15(12-21)8-10-27-18/h3,5,8,10-11H,4,6-7,9,12-13H2,1-2H3. The maximum absolute atomic E-state index is 12.3. The number of carbonyl (C=O) groups is 2. The predicted octanol–water partition coefficient (Wildman–Crippen LogP) is 2.83. The highest BCUT2D eigenvalue weighted by Crippen LogP contribution is 2.28. The zero-order valence-corrected chi connectivity index (χ0v) is 16.3. The van der Waals surface area contributed by atoms with E-state index in [0.717, 1.165) is 12.0 Å². The first-order valence-corrected chi connectivity index (χ1v) is 9.68. The van der Waals surface area contributed by atoms with E-state index in [1.165, 1.54) is 10.4 Å². The molecule has 1 aromatic carbocycles. The van der Waals surface area contributed by atoms with E-state index < -0.39 is 0 Å². The molecule has 144 valence electrons. The van der Waals surface area contributed by atoms with Gasteiger partial charge >= 0.3 is 5.97 Å². The first kappa shape index (κ1) is 19.2. The lowest BCUT2D eigenvalue weighted by atomic mass is 10.1. The monoisotopic (exact) mass is 389 g/mol. The van der Waals surface area contributed by atoms with E-state index in [0.29, 0.717) is 31.0 Å². The number of amides is 1. The van der Waals surface area contributed by atoms with Crippen LogP contribution in [0.1, 0.15) is 22.4 Å². The molecular formula is C20H23NO5S. The number of hydrogen-bond acceptors (Lipinski definition) is 6. The van der Waals surface area contributed by atoms with Crippen LogP contribution >= 0.6 is 11.3 Å². The van der Waals surface area contributed by atoms with Crippen LogP contribution < -0.4 is 9.47 Å². The molecule has 1 aliphatic rings. The number of fused-ring (bicyclic) bond motifs is 1. The van der Waals surface area contributed by atoms with Crippen LogP contribution in [0, 0.1) is 0 Å². The number of benzene rings is 1. The number of rotatable bonds is 7. The second-order valence-corrected chi connectivity index (χ2v) is 7.28. The Morgan fingerprint density at radius 1 is 1.15 bits per heavy atom. The Labute approximate surface area is 162 Å². The summed E-state index contributed by atoms with van der Waals surface area (Å²) in [5.74, 6) is 0.735. The van der Waals surface area contributed by atoms with E-state index in [2.05, 4.69) is 6.07 Å². The van der Waals surface area contributed by atoms with Crippen molar-refractivity contribution in [1.82, 2.24) is 4.90 Å². The molecule has 3 rings (SSSR count). The Hall–Kier alpha value is -2.54. The Morgan fingerprint density at radius 2 is 1.96 bits per heavy atom. The van der Waals surface area contributed by atoms with Gasteiger partial charge in [-0.15, -0.1) is 11.3 Å². The van der Waals surface area contributed by atoms with E-state index >= 15 is 0 Å². The van der Waals surface area contributed by atoms with Gasteiger partial charge in [0, 0.05) is 24.4 Å². The van der Waals surface area contributed by atoms with Gasteiger partial charge in [-0.3, -0.25) is 9.59 Å². The summed E-state index contributed by atoms with van der Waals surface area (Å²) in [4.78, 5) is 27.4. The highest BCUT2D eigenvalue weighted by molar-refractivity contribution is 7.10. The van der Waals surface area contributed by atoms with Crippen molar-refractivity contribution < 1.29 is 23.8 Å². The minimum absolute atomic E-state index is 0.147. The van der Waals surface area contributed by atoms with E-state index in [4.69, 9.17) is 14.2 Å². The molecule has 2 aromatic rings. The van der Waals surface area contributed by atoms with E-state index in [1.54, 1.807) is 36.5 Å². The summed E-state index contributed by atoms with van der Waals surface area (Å²) in [5.41, 5.74) is 2.14. The number of aryl methyl sites for hydroxylation is 1. The van der Waals surface area contributed by atoms with E-state index in [9.17, 15) is 9.59 Å². The third-order valence-corrected chi connectivity index (χ3v) is 5.61.